The van der Waals surface area contributed by atoms with Gasteiger partial charge in [0.25, 0.3) is 5.91 Å². The van der Waals surface area contributed by atoms with Crippen molar-refractivity contribution in [2.45, 2.75) is 26.4 Å². The first-order valence-corrected chi connectivity index (χ1v) is 15.3. The first-order chi connectivity index (χ1) is 23.2. The number of nitrogens with zero attached hydrogens (tertiary/aromatic N) is 5. The van der Waals surface area contributed by atoms with Gasteiger partial charge in [0.05, 0.1) is 16.9 Å². The van der Waals surface area contributed by atoms with Gasteiger partial charge in [0.15, 0.2) is 23.3 Å². The average Bonchev–Trinajstić information content (AvgIpc) is 3.68. The molecular weight excluding hydrogens is 617 g/mol. The van der Waals surface area contributed by atoms with E-state index in [1.165, 1.54) is 22.8 Å². The summed E-state index contributed by atoms with van der Waals surface area (Å²) in [6.07, 6.45) is 3.15. The van der Waals surface area contributed by atoms with Gasteiger partial charge in [0.1, 0.15) is 12.4 Å². The smallest absolute Gasteiger partial charge is 0.262 e. The Morgan fingerprint density at radius 1 is 0.875 bits per heavy atom. The third kappa shape index (κ3) is 5.53. The fourth-order valence-corrected chi connectivity index (χ4v) is 5.97. The number of fused-ring (bicyclic) bond motifs is 4. The SMILES string of the molecule is CC(C)N(Cc1ccccc1)C(=O)CN1C(=O)C(=Cc2c[nH]c3ccc(F)cc23)c2nnc(-c3ccccc3)n2-c2cc(F)c(F)cc21. The Labute approximate surface area is 273 Å². The minimum absolute atomic E-state index is 0.0150. The van der Waals surface area contributed by atoms with Crippen LogP contribution in [0.4, 0.5) is 18.9 Å². The molecule has 3 heterocycles. The number of hydrogen-bond acceptors (Lipinski definition) is 4. The van der Waals surface area contributed by atoms with E-state index in [1.807, 2.05) is 50.2 Å². The van der Waals surface area contributed by atoms with E-state index in [2.05, 4.69) is 15.2 Å². The van der Waals surface area contributed by atoms with E-state index in [0.717, 1.165) is 22.6 Å². The molecule has 0 atom stereocenters. The molecule has 1 aliphatic rings. The van der Waals surface area contributed by atoms with Crippen molar-refractivity contribution in [2.24, 2.45) is 0 Å². The van der Waals surface area contributed by atoms with Crippen molar-refractivity contribution in [3.8, 4) is 17.1 Å². The summed E-state index contributed by atoms with van der Waals surface area (Å²) in [4.78, 5) is 34.7. The Balaban J connectivity index is 1.43. The van der Waals surface area contributed by atoms with Gasteiger partial charge in [-0.1, -0.05) is 60.7 Å². The number of rotatable bonds is 7. The molecule has 0 fully saturated rings. The maximum Gasteiger partial charge on any atom is 0.262 e. The summed E-state index contributed by atoms with van der Waals surface area (Å²) in [7, 11) is 0. The minimum atomic E-state index is -1.19. The molecule has 1 N–H and O–H groups in total. The van der Waals surface area contributed by atoms with Crippen molar-refractivity contribution in [1.29, 1.82) is 0 Å². The van der Waals surface area contributed by atoms with Crippen molar-refractivity contribution < 1.29 is 22.8 Å². The van der Waals surface area contributed by atoms with Crippen LogP contribution in [0.1, 0.15) is 30.8 Å². The molecule has 1 aliphatic heterocycles. The molecule has 240 valence electrons. The fourth-order valence-electron chi connectivity index (χ4n) is 5.97. The van der Waals surface area contributed by atoms with E-state index in [4.69, 9.17) is 0 Å². The molecular formula is C37H29F3N6O2. The van der Waals surface area contributed by atoms with Crippen LogP contribution in [0.15, 0.2) is 97.2 Å². The Morgan fingerprint density at radius 2 is 1.54 bits per heavy atom. The molecule has 0 aliphatic carbocycles. The molecule has 11 heteroatoms. The molecule has 0 spiro atoms. The number of nitrogens with one attached hydrogen (secondary N) is 1. The average molecular weight is 647 g/mol. The number of halogens is 3. The van der Waals surface area contributed by atoms with Crippen LogP contribution in [0.3, 0.4) is 0 Å². The zero-order chi connectivity index (χ0) is 33.5. The predicted molar refractivity (Wildman–Crippen MR) is 177 cm³/mol. The first kappa shape index (κ1) is 30.7. The molecule has 2 amide bonds. The number of carbonyl (C=O) groups excluding carboxylic acids is 2. The van der Waals surface area contributed by atoms with Gasteiger partial charge in [-0.15, -0.1) is 10.2 Å². The maximum atomic E-state index is 15.1. The first-order valence-electron chi connectivity index (χ1n) is 15.3. The molecule has 4 aromatic carbocycles. The second-order valence-electron chi connectivity index (χ2n) is 11.8. The van der Waals surface area contributed by atoms with E-state index in [0.29, 0.717) is 22.0 Å². The van der Waals surface area contributed by atoms with E-state index in [1.54, 1.807) is 41.4 Å². The van der Waals surface area contributed by atoms with Crippen LogP contribution >= 0.6 is 0 Å². The van der Waals surface area contributed by atoms with Crippen LogP contribution in [-0.4, -0.2) is 49.0 Å². The van der Waals surface area contributed by atoms with Gasteiger partial charge in [0, 0.05) is 52.9 Å². The van der Waals surface area contributed by atoms with Gasteiger partial charge in [-0.05, 0) is 43.7 Å². The van der Waals surface area contributed by atoms with E-state index in [9.17, 15) is 14.0 Å². The summed E-state index contributed by atoms with van der Waals surface area (Å²) < 4.78 is 46.0. The highest BCUT2D eigenvalue weighted by atomic mass is 19.2. The lowest BCUT2D eigenvalue weighted by molar-refractivity contribution is -0.133. The lowest BCUT2D eigenvalue weighted by Gasteiger charge is -2.30. The van der Waals surface area contributed by atoms with Gasteiger partial charge in [-0.3, -0.25) is 19.1 Å². The number of amides is 2. The van der Waals surface area contributed by atoms with Crippen LogP contribution in [-0.2, 0) is 16.1 Å². The molecule has 8 nitrogen and oxygen atoms in total. The summed E-state index contributed by atoms with van der Waals surface area (Å²) in [5.41, 5.74) is 2.60. The second-order valence-corrected chi connectivity index (χ2v) is 11.8. The Kier molecular flexibility index (Phi) is 7.88. The van der Waals surface area contributed by atoms with E-state index < -0.39 is 35.8 Å². The summed E-state index contributed by atoms with van der Waals surface area (Å²) in [5, 5.41) is 9.27. The van der Waals surface area contributed by atoms with Crippen LogP contribution in [0, 0.1) is 17.5 Å². The van der Waals surface area contributed by atoms with Gasteiger partial charge >= 0.3 is 0 Å². The molecule has 0 bridgehead atoms. The zero-order valence-corrected chi connectivity index (χ0v) is 26.0. The van der Waals surface area contributed by atoms with E-state index >= 15 is 8.78 Å². The van der Waals surface area contributed by atoms with Gasteiger partial charge < -0.3 is 9.88 Å². The third-order valence-corrected chi connectivity index (χ3v) is 8.37. The van der Waals surface area contributed by atoms with Crippen LogP contribution in [0.25, 0.3) is 39.6 Å². The lowest BCUT2D eigenvalue weighted by atomic mass is 10.1. The molecule has 7 rings (SSSR count). The quantitative estimate of drug-likeness (QED) is 0.187. The minimum Gasteiger partial charge on any atom is -0.361 e. The number of anilines is 1. The van der Waals surface area contributed by atoms with Gasteiger partial charge in [-0.25, -0.2) is 13.2 Å². The molecule has 0 radical (unpaired) electrons. The molecule has 0 saturated carbocycles. The topological polar surface area (TPSA) is 87.1 Å². The van der Waals surface area contributed by atoms with Crippen molar-refractivity contribution >= 4 is 40.1 Å². The highest BCUT2D eigenvalue weighted by Gasteiger charge is 2.36. The standard InChI is InChI=1S/C37H29F3N6O2/c1-22(2)44(20-23-9-5-3-6-10-23)34(47)21-45-32-17-29(39)30(40)18-33(32)46-35(24-11-7-4-8-12-24)42-43-36(46)28(37(45)48)15-25-19-41-31-14-13-26(38)16-27(25)31/h3-19,22,41H,20-21H2,1-2H3. The third-order valence-electron chi connectivity index (χ3n) is 8.37. The van der Waals surface area contributed by atoms with Crippen LogP contribution in [0.5, 0.6) is 0 Å². The normalized spacial score (nSPS) is 13.6. The van der Waals surface area contributed by atoms with Crippen molar-refractivity contribution in [1.82, 2.24) is 24.6 Å². The maximum absolute atomic E-state index is 15.1. The molecule has 6 aromatic rings. The lowest BCUT2D eigenvalue weighted by Crippen LogP contribution is -2.45. The number of aromatic amines is 1. The number of carbonyl (C=O) groups is 2. The highest BCUT2D eigenvalue weighted by Crippen LogP contribution is 2.39. The Hall–Kier alpha value is -5.97. The van der Waals surface area contributed by atoms with Gasteiger partial charge in [-0.2, -0.15) is 0 Å². The second kappa shape index (κ2) is 12.3. The van der Waals surface area contributed by atoms with Crippen molar-refractivity contribution in [3.05, 3.63) is 132 Å². The van der Waals surface area contributed by atoms with Crippen molar-refractivity contribution in [2.75, 3.05) is 11.4 Å². The van der Waals surface area contributed by atoms with E-state index in [-0.39, 0.29) is 41.2 Å². The molecule has 2 aromatic heterocycles. The molecule has 0 unspecified atom stereocenters. The number of benzene rings is 4. The summed E-state index contributed by atoms with van der Waals surface area (Å²) >= 11 is 0. The van der Waals surface area contributed by atoms with Crippen LogP contribution < -0.4 is 4.90 Å². The number of hydrogen-bond donors (Lipinski definition) is 1. The summed E-state index contributed by atoms with van der Waals surface area (Å²) in [5.74, 6) is -3.62. The van der Waals surface area contributed by atoms with Crippen molar-refractivity contribution in [3.63, 3.8) is 0 Å². The summed E-state index contributed by atoms with van der Waals surface area (Å²) in [6.45, 7) is 3.52. The largest absolute Gasteiger partial charge is 0.361 e. The van der Waals surface area contributed by atoms with Crippen LogP contribution in [0.2, 0.25) is 0 Å². The zero-order valence-electron chi connectivity index (χ0n) is 26.0. The number of aromatic nitrogens is 4. The molecule has 0 saturated heterocycles. The molecule has 48 heavy (non-hydrogen) atoms. The predicted octanol–water partition coefficient (Wildman–Crippen LogP) is 7.16. The highest BCUT2D eigenvalue weighted by molar-refractivity contribution is 6.31. The fraction of sp³-hybridized carbons (Fsp3) is 0.135. The monoisotopic (exact) mass is 646 g/mol. The number of H-pyrrole nitrogens is 1. The Morgan fingerprint density at radius 3 is 2.25 bits per heavy atom. The Bertz CT molecular complexity index is 2210. The van der Waals surface area contributed by atoms with Gasteiger partial charge in [0.2, 0.25) is 5.91 Å². The summed E-state index contributed by atoms with van der Waals surface area (Å²) in [6, 6.07) is 24.3.